The van der Waals surface area contributed by atoms with Gasteiger partial charge in [0.25, 0.3) is 0 Å². The summed E-state index contributed by atoms with van der Waals surface area (Å²) in [6.45, 7) is 1.39. The Morgan fingerprint density at radius 3 is 2.74 bits per heavy atom. The molecule has 2 aromatic rings. The van der Waals surface area contributed by atoms with Gasteiger partial charge in [0, 0.05) is 13.0 Å². The zero-order valence-corrected chi connectivity index (χ0v) is 11.4. The standard InChI is InChI=1S/C12H9Cl2N3O2/c1-8(17(18)19)6-11-12(14)15-7-16(11)10-5-3-2-4-9(10)13/h2-7H,1H3. The molecule has 0 N–H and O–H groups in total. The molecule has 0 radical (unpaired) electrons. The Balaban J connectivity index is 2.59. The maximum absolute atomic E-state index is 10.7. The van der Waals surface area contributed by atoms with E-state index < -0.39 is 4.92 Å². The van der Waals surface area contributed by atoms with Crippen LogP contribution in [0.3, 0.4) is 0 Å². The number of allylic oxidation sites excluding steroid dienone is 1. The summed E-state index contributed by atoms with van der Waals surface area (Å²) >= 11 is 12.0. The summed E-state index contributed by atoms with van der Waals surface area (Å²) in [6.07, 6.45) is 2.83. The molecule has 0 aliphatic heterocycles. The summed E-state index contributed by atoms with van der Waals surface area (Å²) in [7, 11) is 0. The van der Waals surface area contributed by atoms with E-state index in [-0.39, 0.29) is 10.9 Å². The van der Waals surface area contributed by atoms with Crippen molar-refractivity contribution in [2.75, 3.05) is 0 Å². The minimum atomic E-state index is -0.486. The van der Waals surface area contributed by atoms with Crippen LogP contribution in [0.2, 0.25) is 10.2 Å². The van der Waals surface area contributed by atoms with Gasteiger partial charge in [0.1, 0.15) is 6.33 Å². The molecule has 7 heteroatoms. The number of benzene rings is 1. The molecular weight excluding hydrogens is 289 g/mol. The molecule has 0 atom stereocenters. The van der Waals surface area contributed by atoms with Crippen molar-refractivity contribution in [3.63, 3.8) is 0 Å². The number of halogens is 2. The normalized spacial score (nSPS) is 11.6. The van der Waals surface area contributed by atoms with Gasteiger partial charge >= 0.3 is 0 Å². The van der Waals surface area contributed by atoms with Gasteiger partial charge in [0.15, 0.2) is 5.15 Å². The van der Waals surface area contributed by atoms with Crippen molar-refractivity contribution >= 4 is 29.3 Å². The minimum Gasteiger partial charge on any atom is -0.296 e. The van der Waals surface area contributed by atoms with Crippen molar-refractivity contribution in [2.24, 2.45) is 0 Å². The van der Waals surface area contributed by atoms with Crippen LogP contribution >= 0.6 is 23.2 Å². The van der Waals surface area contributed by atoms with Gasteiger partial charge in [0.05, 0.1) is 21.3 Å². The first-order valence-electron chi connectivity index (χ1n) is 5.31. The lowest BCUT2D eigenvalue weighted by Gasteiger charge is -2.07. The number of para-hydroxylation sites is 1. The van der Waals surface area contributed by atoms with Gasteiger partial charge in [-0.2, -0.15) is 0 Å². The monoisotopic (exact) mass is 297 g/mol. The van der Waals surface area contributed by atoms with Crippen LogP contribution in [0.25, 0.3) is 11.8 Å². The number of aromatic nitrogens is 2. The maximum Gasteiger partial charge on any atom is 0.245 e. The van der Waals surface area contributed by atoms with Crippen molar-refractivity contribution in [1.29, 1.82) is 0 Å². The molecule has 1 aromatic carbocycles. The van der Waals surface area contributed by atoms with E-state index in [4.69, 9.17) is 23.2 Å². The van der Waals surface area contributed by atoms with Gasteiger partial charge in [-0.3, -0.25) is 14.7 Å². The zero-order chi connectivity index (χ0) is 14.0. The first-order chi connectivity index (χ1) is 9.00. The van der Waals surface area contributed by atoms with Gasteiger partial charge in [-0.1, -0.05) is 35.3 Å². The third-order valence-corrected chi connectivity index (χ3v) is 3.11. The van der Waals surface area contributed by atoms with Crippen LogP contribution in [-0.4, -0.2) is 14.5 Å². The third kappa shape index (κ3) is 2.77. The average molecular weight is 298 g/mol. The van der Waals surface area contributed by atoms with Crippen LogP contribution in [0.15, 0.2) is 36.3 Å². The third-order valence-electron chi connectivity index (χ3n) is 2.50. The molecule has 0 saturated carbocycles. The van der Waals surface area contributed by atoms with E-state index >= 15 is 0 Å². The van der Waals surface area contributed by atoms with E-state index in [2.05, 4.69) is 4.98 Å². The summed E-state index contributed by atoms with van der Waals surface area (Å²) in [5.41, 5.74) is 1.05. The van der Waals surface area contributed by atoms with Crippen LogP contribution < -0.4 is 0 Å². The van der Waals surface area contributed by atoms with Gasteiger partial charge in [0.2, 0.25) is 5.70 Å². The van der Waals surface area contributed by atoms with Crippen LogP contribution in [0.4, 0.5) is 0 Å². The SMILES string of the molecule is CC(=Cc1c(Cl)ncn1-c1ccccc1Cl)[N+](=O)[O-]. The Morgan fingerprint density at radius 1 is 1.42 bits per heavy atom. The van der Waals surface area contributed by atoms with Crippen LogP contribution in [-0.2, 0) is 0 Å². The van der Waals surface area contributed by atoms with E-state index in [1.165, 1.54) is 19.3 Å². The predicted molar refractivity (Wildman–Crippen MR) is 74.2 cm³/mol. The fourth-order valence-electron chi connectivity index (χ4n) is 1.55. The highest BCUT2D eigenvalue weighted by atomic mass is 35.5. The average Bonchev–Trinajstić information content (AvgIpc) is 2.72. The summed E-state index contributed by atoms with van der Waals surface area (Å²) in [6, 6.07) is 7.10. The molecular formula is C12H9Cl2N3O2. The first-order valence-corrected chi connectivity index (χ1v) is 6.06. The predicted octanol–water partition coefficient (Wildman–Crippen LogP) is 3.82. The zero-order valence-electron chi connectivity index (χ0n) is 9.88. The lowest BCUT2D eigenvalue weighted by molar-refractivity contribution is -0.422. The highest BCUT2D eigenvalue weighted by molar-refractivity contribution is 6.32. The number of imidazole rings is 1. The van der Waals surface area contributed by atoms with Crippen molar-refractivity contribution < 1.29 is 4.92 Å². The molecule has 0 amide bonds. The Morgan fingerprint density at radius 2 is 2.11 bits per heavy atom. The second-order valence-electron chi connectivity index (χ2n) is 3.78. The van der Waals surface area contributed by atoms with Gasteiger partial charge < -0.3 is 0 Å². The topological polar surface area (TPSA) is 61.0 Å². The van der Waals surface area contributed by atoms with E-state index in [9.17, 15) is 10.1 Å². The Bertz CT molecular complexity index is 665. The van der Waals surface area contributed by atoms with Crippen LogP contribution in [0.1, 0.15) is 12.6 Å². The second kappa shape index (κ2) is 5.42. The number of hydrogen-bond donors (Lipinski definition) is 0. The van der Waals surface area contributed by atoms with E-state index in [0.29, 0.717) is 16.4 Å². The van der Waals surface area contributed by atoms with Gasteiger partial charge in [-0.05, 0) is 12.1 Å². The first kappa shape index (κ1) is 13.6. The van der Waals surface area contributed by atoms with Crippen LogP contribution in [0.5, 0.6) is 0 Å². The molecule has 1 heterocycles. The fraction of sp³-hybridized carbons (Fsp3) is 0.0833. The van der Waals surface area contributed by atoms with Crippen LogP contribution in [0, 0.1) is 10.1 Å². The molecule has 0 unspecified atom stereocenters. The highest BCUT2D eigenvalue weighted by Gasteiger charge is 2.13. The van der Waals surface area contributed by atoms with Crippen molar-refractivity contribution in [2.45, 2.75) is 6.92 Å². The molecule has 0 saturated heterocycles. The molecule has 2 rings (SSSR count). The van der Waals surface area contributed by atoms with Crippen molar-refractivity contribution in [3.05, 3.63) is 62.3 Å². The quantitative estimate of drug-likeness (QED) is 0.639. The molecule has 0 aliphatic rings. The highest BCUT2D eigenvalue weighted by Crippen LogP contribution is 2.26. The van der Waals surface area contributed by atoms with Crippen molar-refractivity contribution in [3.8, 4) is 5.69 Å². The molecule has 0 aliphatic carbocycles. The number of hydrogen-bond acceptors (Lipinski definition) is 3. The number of nitro groups is 1. The molecule has 98 valence electrons. The molecule has 0 fully saturated rings. The largest absolute Gasteiger partial charge is 0.296 e. The number of nitrogens with zero attached hydrogens (tertiary/aromatic N) is 3. The van der Waals surface area contributed by atoms with E-state index in [1.807, 2.05) is 6.07 Å². The number of rotatable bonds is 3. The van der Waals surface area contributed by atoms with Gasteiger partial charge in [-0.25, -0.2) is 4.98 Å². The summed E-state index contributed by atoms with van der Waals surface area (Å²) in [4.78, 5) is 14.2. The Hall–Kier alpha value is -1.85. The minimum absolute atomic E-state index is 0.0318. The second-order valence-corrected chi connectivity index (χ2v) is 4.55. The van der Waals surface area contributed by atoms with Crippen molar-refractivity contribution in [1.82, 2.24) is 9.55 Å². The maximum atomic E-state index is 10.7. The molecule has 1 aromatic heterocycles. The Labute approximate surface area is 119 Å². The summed E-state index contributed by atoms with van der Waals surface area (Å²) < 4.78 is 1.61. The van der Waals surface area contributed by atoms with E-state index in [1.54, 1.807) is 22.8 Å². The molecule has 0 bridgehead atoms. The molecule has 5 nitrogen and oxygen atoms in total. The Kier molecular flexibility index (Phi) is 3.87. The lowest BCUT2D eigenvalue weighted by Crippen LogP contribution is -1.99. The fourth-order valence-corrected chi connectivity index (χ4v) is 1.97. The molecule has 0 spiro atoms. The lowest BCUT2D eigenvalue weighted by atomic mass is 10.3. The van der Waals surface area contributed by atoms with E-state index in [0.717, 1.165) is 0 Å². The molecule has 19 heavy (non-hydrogen) atoms. The smallest absolute Gasteiger partial charge is 0.245 e. The summed E-state index contributed by atoms with van der Waals surface area (Å²) in [5.74, 6) is 0. The van der Waals surface area contributed by atoms with Gasteiger partial charge in [-0.15, -0.1) is 0 Å². The summed E-state index contributed by atoms with van der Waals surface area (Å²) in [5, 5.41) is 11.4.